The van der Waals surface area contributed by atoms with Gasteiger partial charge in [-0.2, -0.15) is 0 Å². The Labute approximate surface area is 184 Å². The molecule has 3 aromatic rings. The summed E-state index contributed by atoms with van der Waals surface area (Å²) in [5.74, 6) is -0.402. The minimum atomic E-state index is -0.630. The van der Waals surface area contributed by atoms with Gasteiger partial charge in [0.05, 0.1) is 5.52 Å². The fraction of sp³-hybridized carbons (Fsp3) is 0.292. The number of carbonyl (C=O) groups is 2. The van der Waals surface area contributed by atoms with E-state index >= 15 is 0 Å². The molecule has 1 unspecified atom stereocenters. The minimum Gasteiger partial charge on any atom is -0.334 e. The number of pyridine rings is 1. The van der Waals surface area contributed by atoms with E-state index in [1.54, 1.807) is 47.5 Å². The first-order valence-corrected chi connectivity index (χ1v) is 10.8. The number of hydrogen-bond acceptors (Lipinski definition) is 3. The quantitative estimate of drug-likeness (QED) is 0.595. The van der Waals surface area contributed by atoms with Crippen LogP contribution in [-0.2, 0) is 9.59 Å². The Bertz CT molecular complexity index is 1150. The summed E-state index contributed by atoms with van der Waals surface area (Å²) in [4.78, 5) is 31.0. The molecule has 0 spiro atoms. The first-order chi connectivity index (χ1) is 15.0. The van der Waals surface area contributed by atoms with Crippen molar-refractivity contribution in [1.82, 2.24) is 9.88 Å². The molecule has 1 saturated heterocycles. The summed E-state index contributed by atoms with van der Waals surface area (Å²) in [5.41, 5.74) is 2.46. The SMILES string of the molecule is O=C(Nc1ccc(Cl)cc1)C(=O)N1CC2C[C@H](c3ccnc4ccc(F)cc34)C[C@@H]2C1. The fourth-order valence-electron chi connectivity index (χ4n) is 5.08. The van der Waals surface area contributed by atoms with Gasteiger partial charge in [-0.15, -0.1) is 0 Å². The molecule has 2 fully saturated rings. The van der Waals surface area contributed by atoms with Crippen LogP contribution in [-0.4, -0.2) is 34.8 Å². The van der Waals surface area contributed by atoms with Crippen LogP contribution >= 0.6 is 11.6 Å². The molecule has 5 rings (SSSR count). The number of nitrogens with one attached hydrogen (secondary N) is 1. The molecule has 2 amide bonds. The lowest BCUT2D eigenvalue weighted by molar-refractivity contribution is -0.142. The van der Waals surface area contributed by atoms with E-state index in [-0.39, 0.29) is 5.82 Å². The van der Waals surface area contributed by atoms with Crippen molar-refractivity contribution in [3.05, 3.63) is 71.1 Å². The maximum absolute atomic E-state index is 13.8. The predicted octanol–water partition coefficient (Wildman–Crippen LogP) is 4.62. The van der Waals surface area contributed by atoms with Crippen LogP contribution in [0.25, 0.3) is 10.9 Å². The molecule has 5 nitrogen and oxygen atoms in total. The predicted molar refractivity (Wildman–Crippen MR) is 117 cm³/mol. The van der Waals surface area contributed by atoms with Gasteiger partial charge in [0.1, 0.15) is 5.82 Å². The second-order valence-corrected chi connectivity index (χ2v) is 8.86. The van der Waals surface area contributed by atoms with Crippen molar-refractivity contribution >= 4 is 40.0 Å². The molecular weight excluding hydrogens is 417 g/mol. The van der Waals surface area contributed by atoms with Crippen molar-refractivity contribution in [3.63, 3.8) is 0 Å². The number of carbonyl (C=O) groups excluding carboxylic acids is 2. The summed E-state index contributed by atoms with van der Waals surface area (Å²) < 4.78 is 13.8. The topological polar surface area (TPSA) is 62.3 Å². The van der Waals surface area contributed by atoms with Gasteiger partial charge in [-0.1, -0.05) is 11.6 Å². The molecule has 1 aliphatic heterocycles. The summed E-state index contributed by atoms with van der Waals surface area (Å²) in [6.45, 7) is 1.15. The number of hydrogen-bond donors (Lipinski definition) is 1. The molecule has 31 heavy (non-hydrogen) atoms. The zero-order chi connectivity index (χ0) is 21.5. The van der Waals surface area contributed by atoms with E-state index in [2.05, 4.69) is 10.3 Å². The maximum Gasteiger partial charge on any atom is 0.313 e. The molecule has 1 aromatic heterocycles. The Kier molecular flexibility index (Phi) is 5.10. The van der Waals surface area contributed by atoms with Crippen LogP contribution in [0.15, 0.2) is 54.7 Å². The first kappa shape index (κ1) is 19.9. The summed E-state index contributed by atoms with van der Waals surface area (Å²) in [6, 6.07) is 13.3. The van der Waals surface area contributed by atoms with Gasteiger partial charge < -0.3 is 10.2 Å². The second-order valence-electron chi connectivity index (χ2n) is 8.42. The Morgan fingerprint density at radius 1 is 1.03 bits per heavy atom. The molecule has 158 valence electrons. The average Bonchev–Trinajstić information content (AvgIpc) is 3.33. The zero-order valence-corrected chi connectivity index (χ0v) is 17.5. The number of halogens is 2. The molecular formula is C24H21ClFN3O2. The van der Waals surface area contributed by atoms with Crippen molar-refractivity contribution in [1.29, 1.82) is 0 Å². The lowest BCUT2D eigenvalue weighted by Crippen LogP contribution is -2.38. The molecule has 2 aliphatic rings. The van der Waals surface area contributed by atoms with Gasteiger partial charge in [-0.3, -0.25) is 14.6 Å². The second kappa shape index (κ2) is 7.93. The average molecular weight is 438 g/mol. The van der Waals surface area contributed by atoms with Gasteiger partial charge in [0.2, 0.25) is 0 Å². The third kappa shape index (κ3) is 3.88. The lowest BCUT2D eigenvalue weighted by Gasteiger charge is -2.20. The van der Waals surface area contributed by atoms with Crippen molar-refractivity contribution in [2.24, 2.45) is 11.8 Å². The van der Waals surface area contributed by atoms with E-state index < -0.39 is 11.8 Å². The molecule has 2 heterocycles. The Balaban J connectivity index is 1.25. The van der Waals surface area contributed by atoms with Gasteiger partial charge in [0.15, 0.2) is 0 Å². The summed E-state index contributed by atoms with van der Waals surface area (Å²) in [6.07, 6.45) is 3.62. The summed E-state index contributed by atoms with van der Waals surface area (Å²) in [7, 11) is 0. The number of anilines is 1. The standard InChI is InChI=1S/C24H21ClFN3O2/c25-17-1-4-19(5-2-17)28-23(30)24(31)29-12-15-9-14(10-16(15)13-29)20-7-8-27-22-6-3-18(26)11-21(20)22/h1-8,11,14-16H,9-10,12-13H2,(H,28,30)/t14-,15-,16?/m1/s1. The number of amides is 2. The van der Waals surface area contributed by atoms with Crippen LogP contribution in [0.4, 0.5) is 10.1 Å². The summed E-state index contributed by atoms with van der Waals surface area (Å²) >= 11 is 5.85. The van der Waals surface area contributed by atoms with Crippen LogP contribution < -0.4 is 5.32 Å². The number of rotatable bonds is 2. The number of likely N-dealkylation sites (tertiary alicyclic amines) is 1. The van der Waals surface area contributed by atoms with Crippen LogP contribution in [0.5, 0.6) is 0 Å². The lowest BCUT2D eigenvalue weighted by atomic mass is 9.93. The van der Waals surface area contributed by atoms with Crippen LogP contribution in [0.3, 0.4) is 0 Å². The van der Waals surface area contributed by atoms with E-state index in [0.717, 1.165) is 29.3 Å². The van der Waals surface area contributed by atoms with Crippen molar-refractivity contribution in [2.75, 3.05) is 18.4 Å². The number of aromatic nitrogens is 1. The van der Waals surface area contributed by atoms with Crippen molar-refractivity contribution in [3.8, 4) is 0 Å². The Morgan fingerprint density at radius 2 is 1.74 bits per heavy atom. The van der Waals surface area contributed by atoms with E-state index in [0.29, 0.717) is 41.6 Å². The van der Waals surface area contributed by atoms with Crippen LogP contribution in [0.2, 0.25) is 5.02 Å². The van der Waals surface area contributed by atoms with Crippen molar-refractivity contribution < 1.29 is 14.0 Å². The largest absolute Gasteiger partial charge is 0.334 e. The Hall–Kier alpha value is -2.99. The van der Waals surface area contributed by atoms with E-state index in [9.17, 15) is 14.0 Å². The Morgan fingerprint density at radius 3 is 2.45 bits per heavy atom. The highest BCUT2D eigenvalue weighted by Gasteiger charge is 2.44. The molecule has 1 saturated carbocycles. The monoisotopic (exact) mass is 437 g/mol. The molecule has 3 atom stereocenters. The smallest absolute Gasteiger partial charge is 0.313 e. The maximum atomic E-state index is 13.8. The summed E-state index contributed by atoms with van der Waals surface area (Å²) in [5, 5.41) is 4.07. The highest BCUT2D eigenvalue weighted by Crippen LogP contribution is 2.47. The third-order valence-electron chi connectivity index (χ3n) is 6.51. The first-order valence-electron chi connectivity index (χ1n) is 10.4. The molecule has 1 aliphatic carbocycles. The molecule has 2 aromatic carbocycles. The van der Waals surface area contributed by atoms with E-state index in [1.165, 1.54) is 6.07 Å². The number of nitrogens with zero attached hydrogens (tertiary/aromatic N) is 2. The number of fused-ring (bicyclic) bond motifs is 2. The van der Waals surface area contributed by atoms with Gasteiger partial charge >= 0.3 is 11.8 Å². The van der Waals surface area contributed by atoms with E-state index in [4.69, 9.17) is 11.6 Å². The van der Waals surface area contributed by atoms with E-state index in [1.807, 2.05) is 6.07 Å². The van der Waals surface area contributed by atoms with Gasteiger partial charge in [-0.25, -0.2) is 4.39 Å². The minimum absolute atomic E-state index is 0.261. The van der Waals surface area contributed by atoms with Gasteiger partial charge in [-0.05, 0) is 84.7 Å². The van der Waals surface area contributed by atoms with Gasteiger partial charge in [0.25, 0.3) is 0 Å². The normalized spacial score (nSPS) is 22.5. The van der Waals surface area contributed by atoms with Crippen LogP contribution in [0, 0.1) is 17.7 Å². The zero-order valence-electron chi connectivity index (χ0n) is 16.7. The molecule has 0 radical (unpaired) electrons. The third-order valence-corrected chi connectivity index (χ3v) is 6.76. The molecule has 0 bridgehead atoms. The van der Waals surface area contributed by atoms with Crippen molar-refractivity contribution in [2.45, 2.75) is 18.8 Å². The van der Waals surface area contributed by atoms with Crippen LogP contribution in [0.1, 0.15) is 24.3 Å². The highest BCUT2D eigenvalue weighted by atomic mass is 35.5. The molecule has 7 heteroatoms. The highest BCUT2D eigenvalue weighted by molar-refractivity contribution is 6.39. The van der Waals surface area contributed by atoms with Gasteiger partial charge in [0, 0.05) is 35.4 Å². The number of benzene rings is 2. The fourth-order valence-corrected chi connectivity index (χ4v) is 5.20. The molecule has 1 N–H and O–H groups in total.